The highest BCUT2D eigenvalue weighted by atomic mass is 16.2. The Bertz CT molecular complexity index is 451. The second-order valence-electron chi connectivity index (χ2n) is 6.22. The summed E-state index contributed by atoms with van der Waals surface area (Å²) >= 11 is 0. The highest BCUT2D eigenvalue weighted by Crippen LogP contribution is 2.40. The maximum atomic E-state index is 11.3. The van der Waals surface area contributed by atoms with E-state index in [0.717, 1.165) is 38.4 Å². The highest BCUT2D eigenvalue weighted by Gasteiger charge is 2.38. The second kappa shape index (κ2) is 5.96. The van der Waals surface area contributed by atoms with E-state index in [-0.39, 0.29) is 5.91 Å². The fraction of sp³-hybridized carbons (Fsp3) is 0.588. The first-order valence-corrected chi connectivity index (χ1v) is 7.78. The van der Waals surface area contributed by atoms with Gasteiger partial charge in [0.25, 0.3) is 0 Å². The number of nitrogens with zero attached hydrogens (tertiary/aromatic N) is 1. The van der Waals surface area contributed by atoms with Crippen LogP contribution in [-0.2, 0) is 4.79 Å². The van der Waals surface area contributed by atoms with Crippen molar-refractivity contribution < 1.29 is 4.79 Å². The number of likely N-dealkylation sites (tertiary alicyclic amines) is 1. The normalized spacial score (nSPS) is 26.6. The monoisotopic (exact) mass is 272 g/mol. The molecule has 0 unspecified atom stereocenters. The van der Waals surface area contributed by atoms with Crippen molar-refractivity contribution in [1.29, 1.82) is 0 Å². The molecule has 2 fully saturated rings. The summed E-state index contributed by atoms with van der Waals surface area (Å²) in [4.78, 5) is 13.3. The number of carbonyl (C=O) groups excluding carboxylic acids is 1. The first-order chi connectivity index (χ1) is 9.74. The minimum Gasteiger partial charge on any atom is -0.343 e. The maximum absolute atomic E-state index is 11.3. The van der Waals surface area contributed by atoms with Crippen molar-refractivity contribution in [3.05, 3.63) is 35.9 Å². The van der Waals surface area contributed by atoms with Crippen LogP contribution in [0.4, 0.5) is 0 Å². The molecule has 1 saturated carbocycles. The number of carbonyl (C=O) groups is 1. The van der Waals surface area contributed by atoms with Crippen molar-refractivity contribution in [2.75, 3.05) is 19.6 Å². The van der Waals surface area contributed by atoms with E-state index in [4.69, 9.17) is 0 Å². The summed E-state index contributed by atoms with van der Waals surface area (Å²) in [6.45, 7) is 4.66. The standard InChI is InChI=1S/C17H24N2O/c1-13(20)19-9-7-14(8-10-19)12-18-17-11-16(17)15-5-3-2-4-6-15/h2-6,14,16-18H,7-12H2,1H3/t16-,17+/m1/s1. The predicted octanol–water partition coefficient (Wildman–Crippen LogP) is 2.39. The Morgan fingerprint density at radius 2 is 1.95 bits per heavy atom. The highest BCUT2D eigenvalue weighted by molar-refractivity contribution is 5.73. The van der Waals surface area contributed by atoms with Gasteiger partial charge in [-0.2, -0.15) is 0 Å². The molecule has 2 aliphatic rings. The van der Waals surface area contributed by atoms with Gasteiger partial charge in [0.2, 0.25) is 5.91 Å². The lowest BCUT2D eigenvalue weighted by Gasteiger charge is -2.31. The summed E-state index contributed by atoms with van der Waals surface area (Å²) in [5, 5.41) is 3.72. The molecule has 3 rings (SSSR count). The zero-order valence-electron chi connectivity index (χ0n) is 12.2. The molecule has 108 valence electrons. The molecular formula is C17H24N2O. The van der Waals surface area contributed by atoms with Crippen molar-refractivity contribution in [3.63, 3.8) is 0 Å². The van der Waals surface area contributed by atoms with Crippen LogP contribution in [0, 0.1) is 5.92 Å². The van der Waals surface area contributed by atoms with Crippen molar-refractivity contribution in [2.45, 2.75) is 38.1 Å². The summed E-state index contributed by atoms with van der Waals surface area (Å²) in [5.41, 5.74) is 1.47. The van der Waals surface area contributed by atoms with Crippen LogP contribution in [0.3, 0.4) is 0 Å². The molecule has 1 saturated heterocycles. The summed E-state index contributed by atoms with van der Waals surface area (Å²) in [5.74, 6) is 1.68. The van der Waals surface area contributed by atoms with E-state index in [1.807, 2.05) is 4.90 Å². The fourth-order valence-corrected chi connectivity index (χ4v) is 3.26. The summed E-state index contributed by atoms with van der Waals surface area (Å²) in [7, 11) is 0. The number of amides is 1. The molecule has 1 heterocycles. The van der Waals surface area contributed by atoms with Crippen molar-refractivity contribution in [2.24, 2.45) is 5.92 Å². The van der Waals surface area contributed by atoms with E-state index in [1.54, 1.807) is 6.92 Å². The Morgan fingerprint density at radius 1 is 1.25 bits per heavy atom. The van der Waals surface area contributed by atoms with Gasteiger partial charge in [0.05, 0.1) is 0 Å². The molecule has 1 aliphatic carbocycles. The molecule has 3 heteroatoms. The maximum Gasteiger partial charge on any atom is 0.219 e. The molecule has 2 atom stereocenters. The van der Waals surface area contributed by atoms with Crippen LogP contribution in [0.2, 0.25) is 0 Å². The first-order valence-electron chi connectivity index (χ1n) is 7.78. The van der Waals surface area contributed by atoms with Crippen molar-refractivity contribution in [3.8, 4) is 0 Å². The number of benzene rings is 1. The molecule has 0 radical (unpaired) electrons. The number of hydrogen-bond donors (Lipinski definition) is 1. The zero-order chi connectivity index (χ0) is 13.9. The largest absolute Gasteiger partial charge is 0.343 e. The van der Waals surface area contributed by atoms with E-state index in [2.05, 4.69) is 35.6 Å². The molecule has 1 amide bonds. The molecule has 1 aliphatic heterocycles. The third-order valence-electron chi connectivity index (χ3n) is 4.75. The molecule has 0 bridgehead atoms. The van der Waals surface area contributed by atoms with Gasteiger partial charge in [-0.3, -0.25) is 4.79 Å². The van der Waals surface area contributed by atoms with Crippen LogP contribution in [0.25, 0.3) is 0 Å². The summed E-state index contributed by atoms with van der Waals surface area (Å²) in [6, 6.07) is 11.5. The van der Waals surface area contributed by atoms with Crippen LogP contribution in [0.5, 0.6) is 0 Å². The second-order valence-corrected chi connectivity index (χ2v) is 6.22. The van der Waals surface area contributed by atoms with Crippen molar-refractivity contribution in [1.82, 2.24) is 10.2 Å². The molecule has 1 N–H and O–H groups in total. The fourth-order valence-electron chi connectivity index (χ4n) is 3.26. The average molecular weight is 272 g/mol. The Morgan fingerprint density at radius 3 is 2.60 bits per heavy atom. The molecule has 0 aromatic heterocycles. The van der Waals surface area contributed by atoms with E-state index in [9.17, 15) is 4.79 Å². The SMILES string of the molecule is CC(=O)N1CCC(CN[C@H]2C[C@@H]2c2ccccc2)CC1. The van der Waals surface area contributed by atoms with E-state index in [0.29, 0.717) is 12.0 Å². The van der Waals surface area contributed by atoms with Crippen molar-refractivity contribution >= 4 is 5.91 Å². The quantitative estimate of drug-likeness (QED) is 0.913. The molecule has 0 spiro atoms. The van der Waals surface area contributed by atoms with Crippen LogP contribution >= 0.6 is 0 Å². The number of nitrogens with one attached hydrogen (secondary N) is 1. The Kier molecular flexibility index (Phi) is 4.06. The van der Waals surface area contributed by atoms with Gasteiger partial charge in [-0.05, 0) is 37.3 Å². The molecule has 1 aromatic carbocycles. The summed E-state index contributed by atoms with van der Waals surface area (Å²) in [6.07, 6.45) is 3.57. The number of hydrogen-bond acceptors (Lipinski definition) is 2. The van der Waals surface area contributed by atoms with Crippen LogP contribution in [0.1, 0.15) is 37.7 Å². The number of piperidine rings is 1. The lowest BCUT2D eigenvalue weighted by atomic mass is 9.96. The molecule has 1 aromatic rings. The van der Waals surface area contributed by atoms with Gasteiger partial charge in [-0.1, -0.05) is 30.3 Å². The topological polar surface area (TPSA) is 32.3 Å². The van der Waals surface area contributed by atoms with Gasteiger partial charge in [0.1, 0.15) is 0 Å². The molecule has 3 nitrogen and oxygen atoms in total. The first kappa shape index (κ1) is 13.6. The van der Waals surface area contributed by atoms with Gasteiger partial charge in [-0.25, -0.2) is 0 Å². The minimum atomic E-state index is 0.225. The van der Waals surface area contributed by atoms with Gasteiger partial charge < -0.3 is 10.2 Å². The van der Waals surface area contributed by atoms with Crippen LogP contribution < -0.4 is 5.32 Å². The van der Waals surface area contributed by atoms with Gasteiger partial charge in [0, 0.05) is 32.0 Å². The third kappa shape index (κ3) is 3.21. The van der Waals surface area contributed by atoms with Gasteiger partial charge >= 0.3 is 0 Å². The van der Waals surface area contributed by atoms with Gasteiger partial charge in [-0.15, -0.1) is 0 Å². The average Bonchev–Trinajstić information content (AvgIpc) is 3.26. The van der Waals surface area contributed by atoms with E-state index < -0.39 is 0 Å². The molecular weight excluding hydrogens is 248 g/mol. The van der Waals surface area contributed by atoms with Crippen LogP contribution in [0.15, 0.2) is 30.3 Å². The zero-order valence-corrected chi connectivity index (χ0v) is 12.2. The molecule has 20 heavy (non-hydrogen) atoms. The third-order valence-corrected chi connectivity index (χ3v) is 4.75. The Hall–Kier alpha value is -1.35. The number of rotatable bonds is 4. The Balaban J connectivity index is 1.39. The minimum absolute atomic E-state index is 0.225. The Labute approximate surface area is 121 Å². The lowest BCUT2D eigenvalue weighted by Crippen LogP contribution is -2.40. The smallest absolute Gasteiger partial charge is 0.219 e. The van der Waals surface area contributed by atoms with Gasteiger partial charge in [0.15, 0.2) is 0 Å². The summed E-state index contributed by atoms with van der Waals surface area (Å²) < 4.78 is 0. The van der Waals surface area contributed by atoms with Crippen LogP contribution in [-0.4, -0.2) is 36.5 Å². The lowest BCUT2D eigenvalue weighted by molar-refractivity contribution is -0.130. The predicted molar refractivity (Wildman–Crippen MR) is 80.6 cm³/mol. The van der Waals surface area contributed by atoms with E-state index >= 15 is 0 Å². The van der Waals surface area contributed by atoms with E-state index in [1.165, 1.54) is 12.0 Å².